The Balaban J connectivity index is 1.54. The van der Waals surface area contributed by atoms with Crippen molar-refractivity contribution in [3.05, 3.63) is 46.9 Å². The summed E-state index contributed by atoms with van der Waals surface area (Å²) in [6.45, 7) is 1.12. The molecule has 0 unspecified atom stereocenters. The van der Waals surface area contributed by atoms with Crippen molar-refractivity contribution in [2.75, 3.05) is 13.2 Å². The third-order valence-corrected chi connectivity index (χ3v) is 6.46. The summed E-state index contributed by atoms with van der Waals surface area (Å²) < 4.78 is 64.5. The van der Waals surface area contributed by atoms with E-state index in [1.165, 1.54) is 17.1 Å². The van der Waals surface area contributed by atoms with Crippen LogP contribution in [-0.2, 0) is 34.3 Å². The van der Waals surface area contributed by atoms with Crippen molar-refractivity contribution < 1.29 is 26.5 Å². The summed E-state index contributed by atoms with van der Waals surface area (Å²) >= 11 is 0. The van der Waals surface area contributed by atoms with Crippen molar-refractivity contribution in [2.45, 2.75) is 37.3 Å². The van der Waals surface area contributed by atoms with Gasteiger partial charge in [0.1, 0.15) is 23.1 Å². The van der Waals surface area contributed by atoms with E-state index in [0.717, 1.165) is 12.1 Å². The molecular formula is C17H18F2N2O4S. The van der Waals surface area contributed by atoms with Gasteiger partial charge in [0.25, 0.3) is 0 Å². The average molecular weight is 384 g/mol. The molecule has 0 radical (unpaired) electrons. The smallest absolute Gasteiger partial charge is 0.243 e. The molecule has 0 amide bonds. The van der Waals surface area contributed by atoms with Crippen LogP contribution < -0.4 is 0 Å². The summed E-state index contributed by atoms with van der Waals surface area (Å²) in [5, 5.41) is 3.99. The van der Waals surface area contributed by atoms with Crippen LogP contribution in [0.25, 0.3) is 0 Å². The minimum absolute atomic E-state index is 0.0431. The van der Waals surface area contributed by atoms with Gasteiger partial charge in [-0.25, -0.2) is 17.2 Å². The molecule has 2 heterocycles. The standard InChI is InChI=1S/C17H18F2N2O4S/c18-12-5-13(19)7-14(6-12)26(22,23)21-4-3-17-15(8-21)16(20-25-17)10-24-9-11-1-2-11/h5-7,11H,1-4,8-10H2. The van der Waals surface area contributed by atoms with E-state index in [1.54, 1.807) is 0 Å². The normalized spacial score (nSPS) is 18.1. The van der Waals surface area contributed by atoms with Gasteiger partial charge in [0, 0.05) is 37.7 Å². The fourth-order valence-corrected chi connectivity index (χ4v) is 4.44. The molecule has 1 saturated carbocycles. The van der Waals surface area contributed by atoms with Gasteiger partial charge in [-0.1, -0.05) is 5.16 Å². The third kappa shape index (κ3) is 3.51. The Hall–Kier alpha value is -1.84. The largest absolute Gasteiger partial charge is 0.375 e. The van der Waals surface area contributed by atoms with Crippen molar-refractivity contribution in [1.29, 1.82) is 0 Å². The molecular weight excluding hydrogens is 366 g/mol. The highest BCUT2D eigenvalue weighted by atomic mass is 32.2. The van der Waals surface area contributed by atoms with E-state index < -0.39 is 26.6 Å². The van der Waals surface area contributed by atoms with Gasteiger partial charge in [0.15, 0.2) is 0 Å². The van der Waals surface area contributed by atoms with E-state index in [9.17, 15) is 17.2 Å². The highest BCUT2D eigenvalue weighted by Crippen LogP contribution is 2.30. The predicted molar refractivity (Wildman–Crippen MR) is 86.5 cm³/mol. The van der Waals surface area contributed by atoms with Crippen LogP contribution in [0.15, 0.2) is 27.6 Å². The highest BCUT2D eigenvalue weighted by molar-refractivity contribution is 7.89. The first-order chi connectivity index (χ1) is 12.4. The minimum atomic E-state index is -4.03. The quantitative estimate of drug-likeness (QED) is 0.766. The Morgan fingerprint density at radius 1 is 1.23 bits per heavy atom. The topological polar surface area (TPSA) is 72.6 Å². The number of hydrogen-bond donors (Lipinski definition) is 0. The summed E-state index contributed by atoms with van der Waals surface area (Å²) in [4.78, 5) is -0.401. The number of hydrogen-bond acceptors (Lipinski definition) is 5. The SMILES string of the molecule is O=S(=O)(c1cc(F)cc(F)c1)N1CCc2onc(COCC3CC3)c2C1. The molecule has 0 saturated heterocycles. The molecule has 1 aliphatic heterocycles. The lowest BCUT2D eigenvalue weighted by atomic mass is 10.1. The lowest BCUT2D eigenvalue weighted by Crippen LogP contribution is -2.36. The number of benzene rings is 1. The molecule has 0 atom stereocenters. The van der Waals surface area contributed by atoms with Crippen LogP contribution in [0.4, 0.5) is 8.78 Å². The number of nitrogens with zero attached hydrogens (tertiary/aromatic N) is 2. The number of halogens is 2. The van der Waals surface area contributed by atoms with Crippen LogP contribution in [0.3, 0.4) is 0 Å². The molecule has 9 heteroatoms. The van der Waals surface area contributed by atoms with Crippen molar-refractivity contribution >= 4 is 10.0 Å². The maximum Gasteiger partial charge on any atom is 0.243 e. The second kappa shape index (κ2) is 6.71. The molecule has 2 aliphatic rings. The van der Waals surface area contributed by atoms with E-state index in [1.807, 2.05) is 0 Å². The van der Waals surface area contributed by atoms with Gasteiger partial charge in [-0.3, -0.25) is 0 Å². The van der Waals surface area contributed by atoms with Gasteiger partial charge >= 0.3 is 0 Å². The monoisotopic (exact) mass is 384 g/mol. The van der Waals surface area contributed by atoms with Crippen molar-refractivity contribution in [3.63, 3.8) is 0 Å². The summed E-state index contributed by atoms with van der Waals surface area (Å²) in [5.74, 6) is -0.620. The third-order valence-electron chi connectivity index (χ3n) is 4.64. The zero-order chi connectivity index (χ0) is 18.3. The van der Waals surface area contributed by atoms with Crippen LogP contribution in [0.2, 0.25) is 0 Å². The first-order valence-corrected chi connectivity index (χ1v) is 9.88. The molecule has 6 nitrogen and oxygen atoms in total. The first-order valence-electron chi connectivity index (χ1n) is 8.44. The molecule has 1 aromatic heterocycles. The molecule has 4 rings (SSSR count). The lowest BCUT2D eigenvalue weighted by molar-refractivity contribution is 0.106. The Morgan fingerprint density at radius 3 is 2.65 bits per heavy atom. The summed E-state index contributed by atoms with van der Waals surface area (Å²) in [6, 6.07) is 2.28. The van der Waals surface area contributed by atoms with Crippen molar-refractivity contribution in [1.82, 2.24) is 9.46 Å². The predicted octanol–water partition coefficient (Wildman–Crippen LogP) is 2.63. The van der Waals surface area contributed by atoms with Crippen LogP contribution >= 0.6 is 0 Å². The van der Waals surface area contributed by atoms with Gasteiger partial charge < -0.3 is 9.26 Å². The van der Waals surface area contributed by atoms with E-state index in [-0.39, 0.29) is 19.7 Å². The Labute approximate surface area is 149 Å². The molecule has 140 valence electrons. The molecule has 1 aliphatic carbocycles. The minimum Gasteiger partial charge on any atom is -0.375 e. The van der Waals surface area contributed by atoms with E-state index in [0.29, 0.717) is 42.0 Å². The number of rotatable bonds is 6. The molecule has 0 bridgehead atoms. The Morgan fingerprint density at radius 2 is 1.96 bits per heavy atom. The highest BCUT2D eigenvalue weighted by Gasteiger charge is 2.33. The van der Waals surface area contributed by atoms with Crippen molar-refractivity contribution in [3.8, 4) is 0 Å². The fraction of sp³-hybridized carbons (Fsp3) is 0.471. The van der Waals surface area contributed by atoms with Gasteiger partial charge in [0.05, 0.1) is 11.5 Å². The van der Waals surface area contributed by atoms with Crippen LogP contribution in [0, 0.1) is 17.6 Å². The summed E-state index contributed by atoms with van der Waals surface area (Å²) in [6.07, 6.45) is 2.70. The Kier molecular flexibility index (Phi) is 4.54. The molecule has 26 heavy (non-hydrogen) atoms. The molecule has 1 aromatic carbocycles. The van der Waals surface area contributed by atoms with Gasteiger partial charge in [-0.05, 0) is 30.9 Å². The maximum atomic E-state index is 13.4. The molecule has 0 N–H and O–H groups in total. The van der Waals surface area contributed by atoms with Crippen molar-refractivity contribution in [2.24, 2.45) is 5.92 Å². The zero-order valence-electron chi connectivity index (χ0n) is 14.0. The average Bonchev–Trinajstić information content (AvgIpc) is 3.33. The number of aromatic nitrogens is 1. The van der Waals surface area contributed by atoms with Crippen LogP contribution in [-0.4, -0.2) is 31.0 Å². The number of sulfonamides is 1. The summed E-state index contributed by atoms with van der Waals surface area (Å²) in [5.41, 5.74) is 1.25. The zero-order valence-corrected chi connectivity index (χ0v) is 14.8. The van der Waals surface area contributed by atoms with Gasteiger partial charge in [-0.15, -0.1) is 0 Å². The molecule has 1 fully saturated rings. The fourth-order valence-electron chi connectivity index (χ4n) is 2.99. The second-order valence-electron chi connectivity index (χ2n) is 6.68. The number of ether oxygens (including phenoxy) is 1. The van der Waals surface area contributed by atoms with Crippen LogP contribution in [0.1, 0.15) is 29.9 Å². The van der Waals surface area contributed by atoms with E-state index >= 15 is 0 Å². The van der Waals surface area contributed by atoms with E-state index in [4.69, 9.17) is 9.26 Å². The Bertz CT molecular complexity index is 905. The lowest BCUT2D eigenvalue weighted by Gasteiger charge is -2.25. The van der Waals surface area contributed by atoms with Gasteiger partial charge in [0.2, 0.25) is 10.0 Å². The second-order valence-corrected chi connectivity index (χ2v) is 8.62. The van der Waals surface area contributed by atoms with E-state index in [2.05, 4.69) is 5.16 Å². The maximum absolute atomic E-state index is 13.4. The summed E-state index contributed by atoms with van der Waals surface area (Å²) in [7, 11) is -4.03. The molecule has 0 spiro atoms. The molecule has 2 aromatic rings. The van der Waals surface area contributed by atoms with Gasteiger partial charge in [-0.2, -0.15) is 4.31 Å². The number of fused-ring (bicyclic) bond motifs is 1. The van der Waals surface area contributed by atoms with Crippen LogP contribution in [0.5, 0.6) is 0 Å². The first kappa shape index (κ1) is 17.6.